The van der Waals surface area contributed by atoms with Gasteiger partial charge in [-0.3, -0.25) is 9.59 Å². The van der Waals surface area contributed by atoms with Crippen LogP contribution in [0.25, 0.3) is 5.57 Å². The maximum atomic E-state index is 13.7. The molecule has 5 rings (SSSR count). The first-order valence-electron chi connectivity index (χ1n) is 13.9. The summed E-state index contributed by atoms with van der Waals surface area (Å²) in [6, 6.07) is 13.9. The molecule has 0 spiro atoms. The lowest BCUT2D eigenvalue weighted by Crippen LogP contribution is -2.48. The van der Waals surface area contributed by atoms with Crippen LogP contribution in [0.4, 0.5) is 5.69 Å². The van der Waals surface area contributed by atoms with E-state index in [4.69, 9.17) is 11.6 Å². The number of anilines is 1. The summed E-state index contributed by atoms with van der Waals surface area (Å²) in [5.41, 5.74) is 4.73. The number of amides is 2. The molecule has 2 aromatic rings. The number of fused-ring (bicyclic) bond motifs is 1. The highest BCUT2D eigenvalue weighted by Gasteiger charge is 2.27. The van der Waals surface area contributed by atoms with Crippen LogP contribution in [0, 0.1) is 0 Å². The van der Waals surface area contributed by atoms with Crippen molar-refractivity contribution in [3.8, 4) is 0 Å². The molecule has 0 radical (unpaired) electrons. The molecule has 2 heterocycles. The van der Waals surface area contributed by atoms with Gasteiger partial charge in [-0.2, -0.15) is 0 Å². The fourth-order valence-corrected chi connectivity index (χ4v) is 6.23. The van der Waals surface area contributed by atoms with Crippen molar-refractivity contribution < 1.29 is 9.59 Å². The lowest BCUT2D eigenvalue weighted by molar-refractivity contribution is -0.131. The van der Waals surface area contributed by atoms with Crippen LogP contribution in [-0.2, 0) is 4.79 Å². The predicted molar refractivity (Wildman–Crippen MR) is 151 cm³/mol. The van der Waals surface area contributed by atoms with E-state index in [2.05, 4.69) is 30.0 Å². The second-order valence-electron chi connectivity index (χ2n) is 10.6. The Kier molecular flexibility index (Phi) is 8.31. The molecule has 0 N–H and O–H groups in total. The fourth-order valence-electron chi connectivity index (χ4n) is 6.06. The fraction of sp³-hybridized carbons (Fsp3) is 0.484. The monoisotopic (exact) mass is 519 g/mol. The van der Waals surface area contributed by atoms with Crippen molar-refractivity contribution in [3.63, 3.8) is 0 Å². The predicted octanol–water partition coefficient (Wildman–Crippen LogP) is 6.38. The van der Waals surface area contributed by atoms with E-state index in [1.54, 1.807) is 0 Å². The van der Waals surface area contributed by atoms with Crippen LogP contribution in [0.3, 0.4) is 0 Å². The number of hydrogen-bond donors (Lipinski definition) is 0. The molecule has 0 bridgehead atoms. The van der Waals surface area contributed by atoms with Crippen molar-refractivity contribution >= 4 is 34.7 Å². The van der Waals surface area contributed by atoms with Crippen LogP contribution < -0.4 is 4.90 Å². The van der Waals surface area contributed by atoms with Gasteiger partial charge in [0.2, 0.25) is 5.91 Å². The van der Waals surface area contributed by atoms with Crippen LogP contribution >= 0.6 is 11.6 Å². The van der Waals surface area contributed by atoms with Crippen molar-refractivity contribution in [1.82, 2.24) is 9.80 Å². The Morgan fingerprint density at radius 1 is 0.919 bits per heavy atom. The van der Waals surface area contributed by atoms with Crippen LogP contribution in [0.5, 0.6) is 0 Å². The average Bonchev–Trinajstić information content (AvgIpc) is 3.12. The highest BCUT2D eigenvalue weighted by atomic mass is 35.5. The van der Waals surface area contributed by atoms with Crippen molar-refractivity contribution in [2.45, 2.75) is 57.8 Å². The molecule has 1 aliphatic carbocycles. The van der Waals surface area contributed by atoms with Crippen LogP contribution in [-0.4, -0.2) is 60.9 Å². The van der Waals surface area contributed by atoms with Gasteiger partial charge in [-0.1, -0.05) is 56.0 Å². The number of rotatable bonds is 5. The van der Waals surface area contributed by atoms with E-state index < -0.39 is 0 Å². The molecule has 6 heteroatoms. The minimum Gasteiger partial charge on any atom is -0.340 e. The highest BCUT2D eigenvalue weighted by Crippen LogP contribution is 2.37. The van der Waals surface area contributed by atoms with Crippen LogP contribution in [0.2, 0.25) is 5.02 Å². The van der Waals surface area contributed by atoms with Gasteiger partial charge in [0.05, 0.1) is 12.1 Å². The molecule has 37 heavy (non-hydrogen) atoms. The number of benzene rings is 2. The molecular formula is C31H38ClN3O2. The number of carbonyl (C=O) groups excluding carboxylic acids is 2. The molecule has 2 aliphatic heterocycles. The second kappa shape index (κ2) is 11.8. The van der Waals surface area contributed by atoms with Gasteiger partial charge in [0.15, 0.2) is 0 Å². The second-order valence-corrected chi connectivity index (χ2v) is 11.0. The summed E-state index contributed by atoms with van der Waals surface area (Å²) >= 11 is 6.42. The maximum Gasteiger partial charge on any atom is 0.258 e. The Morgan fingerprint density at radius 2 is 1.65 bits per heavy atom. The quantitative estimate of drug-likeness (QED) is 0.460. The third-order valence-electron chi connectivity index (χ3n) is 8.33. The van der Waals surface area contributed by atoms with Gasteiger partial charge in [-0.05, 0) is 73.2 Å². The molecule has 2 aromatic carbocycles. The van der Waals surface area contributed by atoms with Crippen LogP contribution in [0.15, 0.2) is 48.5 Å². The van der Waals surface area contributed by atoms with E-state index in [0.717, 1.165) is 49.5 Å². The topological polar surface area (TPSA) is 43.9 Å². The summed E-state index contributed by atoms with van der Waals surface area (Å²) < 4.78 is 0. The Hall–Kier alpha value is -2.63. The van der Waals surface area contributed by atoms with E-state index in [9.17, 15) is 9.59 Å². The summed E-state index contributed by atoms with van der Waals surface area (Å²) in [5.74, 6) is 0.759. The normalized spacial score (nSPS) is 19.2. The van der Waals surface area contributed by atoms with Crippen molar-refractivity contribution in [3.05, 3.63) is 70.3 Å². The first-order valence-corrected chi connectivity index (χ1v) is 14.3. The molecule has 196 valence electrons. The Morgan fingerprint density at radius 3 is 2.35 bits per heavy atom. The van der Waals surface area contributed by atoms with E-state index in [1.165, 1.54) is 37.7 Å². The van der Waals surface area contributed by atoms with Crippen molar-refractivity contribution in [2.24, 2.45) is 0 Å². The molecule has 5 nitrogen and oxygen atoms in total. The zero-order chi connectivity index (χ0) is 25.8. The standard InChI is InChI=1S/C31H38ClN3O2/c1-2-33-17-19-34(20-18-33)30(36)21-26-9-6-16-35(29-15-14-27(32)22-28(26)29)31(37)25-12-10-24(11-13-25)23-7-4-3-5-8-23/h9-15,22-23H,2-8,16-21H2,1H3. The van der Waals surface area contributed by atoms with Gasteiger partial charge in [0, 0.05) is 48.9 Å². The minimum absolute atomic E-state index is 0.00423. The summed E-state index contributed by atoms with van der Waals surface area (Å²) in [5, 5.41) is 0.611. The van der Waals surface area contributed by atoms with E-state index in [1.807, 2.05) is 40.1 Å². The van der Waals surface area contributed by atoms with E-state index in [0.29, 0.717) is 35.9 Å². The average molecular weight is 520 g/mol. The number of nitrogens with zero attached hydrogens (tertiary/aromatic N) is 3. The van der Waals surface area contributed by atoms with Gasteiger partial charge in [-0.15, -0.1) is 0 Å². The third-order valence-corrected chi connectivity index (χ3v) is 8.57. The largest absolute Gasteiger partial charge is 0.340 e. The van der Waals surface area contributed by atoms with Gasteiger partial charge in [0.25, 0.3) is 5.91 Å². The lowest BCUT2D eigenvalue weighted by atomic mass is 9.84. The number of carbonyl (C=O) groups is 2. The molecule has 2 fully saturated rings. The Balaban J connectivity index is 1.34. The number of hydrogen-bond acceptors (Lipinski definition) is 3. The summed E-state index contributed by atoms with van der Waals surface area (Å²) in [6.07, 6.45) is 9.57. The first kappa shape index (κ1) is 26.0. The minimum atomic E-state index is -0.00423. The smallest absolute Gasteiger partial charge is 0.258 e. The summed E-state index contributed by atoms with van der Waals surface area (Å²) in [7, 11) is 0. The maximum absolute atomic E-state index is 13.7. The first-order chi connectivity index (χ1) is 18.0. The van der Waals surface area contributed by atoms with Gasteiger partial charge >= 0.3 is 0 Å². The number of halogens is 1. The zero-order valence-corrected chi connectivity index (χ0v) is 22.7. The molecule has 3 aliphatic rings. The molecule has 2 amide bonds. The molecule has 0 atom stereocenters. The highest BCUT2D eigenvalue weighted by molar-refractivity contribution is 6.31. The molecule has 1 saturated carbocycles. The number of piperazine rings is 1. The zero-order valence-electron chi connectivity index (χ0n) is 21.9. The summed E-state index contributed by atoms with van der Waals surface area (Å²) in [6.45, 7) is 7.13. The van der Waals surface area contributed by atoms with Crippen LogP contribution in [0.1, 0.15) is 79.3 Å². The van der Waals surface area contributed by atoms with E-state index in [-0.39, 0.29) is 11.8 Å². The van der Waals surface area contributed by atoms with Gasteiger partial charge in [-0.25, -0.2) is 0 Å². The third kappa shape index (κ3) is 5.94. The molecule has 0 unspecified atom stereocenters. The molecular weight excluding hydrogens is 482 g/mol. The Bertz CT molecular complexity index is 1150. The Labute approximate surface area is 226 Å². The lowest BCUT2D eigenvalue weighted by Gasteiger charge is -2.34. The molecule has 0 aromatic heterocycles. The van der Waals surface area contributed by atoms with Gasteiger partial charge < -0.3 is 14.7 Å². The molecule has 1 saturated heterocycles. The van der Waals surface area contributed by atoms with Crippen molar-refractivity contribution in [2.75, 3.05) is 44.2 Å². The van der Waals surface area contributed by atoms with E-state index >= 15 is 0 Å². The SMILES string of the molecule is CCN1CCN(C(=O)CC2=CCCN(C(=O)c3ccc(C4CCCCC4)cc3)c3ccc(Cl)cc32)CC1. The van der Waals surface area contributed by atoms with Crippen molar-refractivity contribution in [1.29, 1.82) is 0 Å². The summed E-state index contributed by atoms with van der Waals surface area (Å²) in [4.78, 5) is 33.1. The number of likely N-dealkylation sites (N-methyl/N-ethyl adjacent to an activating group) is 1. The van der Waals surface area contributed by atoms with Gasteiger partial charge in [0.1, 0.15) is 0 Å².